The number of hydrogen-bond donors (Lipinski definition) is 0. The Morgan fingerprint density at radius 2 is 1.55 bits per heavy atom. The number of halogens is 2. The molecule has 0 radical (unpaired) electrons. The monoisotopic (exact) mass is 471 g/mol. The van der Waals surface area contributed by atoms with Gasteiger partial charge in [-0.15, -0.1) is 0 Å². The Morgan fingerprint density at radius 1 is 0.935 bits per heavy atom. The topological polar surface area (TPSA) is 94.6 Å². The van der Waals surface area contributed by atoms with Crippen LogP contribution in [0.2, 0.25) is 10.0 Å². The minimum absolute atomic E-state index is 0.143. The largest absolute Gasteiger partial charge is 0.279 e. The third-order valence-electron chi connectivity index (χ3n) is 4.41. The fraction of sp³-hybridized carbons (Fsp3) is 0. The molecule has 1 amide bonds. The van der Waals surface area contributed by atoms with E-state index in [1.54, 1.807) is 42.5 Å². The molecule has 1 heterocycles. The van der Waals surface area contributed by atoms with Crippen molar-refractivity contribution in [1.82, 2.24) is 3.96 Å². The molecule has 31 heavy (non-hydrogen) atoms. The molecule has 0 unspecified atom stereocenters. The van der Waals surface area contributed by atoms with E-state index in [0.717, 1.165) is 11.5 Å². The van der Waals surface area contributed by atoms with Crippen molar-refractivity contribution in [3.05, 3.63) is 103 Å². The number of benzene rings is 3. The van der Waals surface area contributed by atoms with Crippen LogP contribution in [0.15, 0.2) is 71.7 Å². The van der Waals surface area contributed by atoms with Gasteiger partial charge in [0.15, 0.2) is 0 Å². The Balaban J connectivity index is 1.95. The molecule has 7 nitrogen and oxygen atoms in total. The summed E-state index contributed by atoms with van der Waals surface area (Å²) in [6.07, 6.45) is 0. The van der Waals surface area contributed by atoms with Crippen molar-refractivity contribution in [3.63, 3.8) is 0 Å². The molecule has 0 saturated heterocycles. The van der Waals surface area contributed by atoms with Gasteiger partial charge in [0.05, 0.1) is 31.6 Å². The molecule has 1 aromatic heterocycles. The molecule has 0 aliphatic carbocycles. The maximum atomic E-state index is 13.1. The number of carbonyl (C=O) groups is 2. The first-order valence-electron chi connectivity index (χ1n) is 8.80. The SMILES string of the molecule is O=C(N=c1sn(C(=O)c2ccccc2Cl)c2ccc([N+](=O)[O-])cc12)c1ccccc1Cl. The van der Waals surface area contributed by atoms with E-state index < -0.39 is 16.7 Å². The van der Waals surface area contributed by atoms with Crippen molar-refractivity contribution in [2.24, 2.45) is 4.99 Å². The molecule has 0 aliphatic rings. The van der Waals surface area contributed by atoms with Crippen LogP contribution in [0.3, 0.4) is 0 Å². The van der Waals surface area contributed by atoms with E-state index in [2.05, 4.69) is 4.99 Å². The molecule has 0 aliphatic heterocycles. The molecular weight excluding hydrogens is 461 g/mol. The highest BCUT2D eigenvalue weighted by atomic mass is 35.5. The molecule has 0 spiro atoms. The molecule has 3 aromatic carbocycles. The second-order valence-corrected chi connectivity index (χ2v) is 8.08. The minimum Gasteiger partial charge on any atom is -0.267 e. The highest BCUT2D eigenvalue weighted by molar-refractivity contribution is 7.06. The molecule has 154 valence electrons. The molecule has 0 bridgehead atoms. The van der Waals surface area contributed by atoms with Crippen molar-refractivity contribution >= 4 is 63.1 Å². The van der Waals surface area contributed by atoms with Crippen LogP contribution in [0, 0.1) is 10.1 Å². The Kier molecular flexibility index (Phi) is 5.69. The number of nitro groups is 1. The van der Waals surface area contributed by atoms with Crippen molar-refractivity contribution in [2.45, 2.75) is 0 Å². The number of amides is 1. The lowest BCUT2D eigenvalue weighted by atomic mass is 10.2. The van der Waals surface area contributed by atoms with Gasteiger partial charge in [-0.25, -0.2) is 3.96 Å². The summed E-state index contributed by atoms with van der Waals surface area (Å²) in [6.45, 7) is 0. The highest BCUT2D eigenvalue weighted by Crippen LogP contribution is 2.24. The van der Waals surface area contributed by atoms with Crippen LogP contribution in [0.25, 0.3) is 10.9 Å². The third-order valence-corrected chi connectivity index (χ3v) is 6.10. The third kappa shape index (κ3) is 4.00. The summed E-state index contributed by atoms with van der Waals surface area (Å²) < 4.78 is 1.45. The summed E-state index contributed by atoms with van der Waals surface area (Å²) in [4.78, 5) is 40.6. The van der Waals surface area contributed by atoms with Crippen molar-refractivity contribution < 1.29 is 14.5 Å². The van der Waals surface area contributed by atoms with E-state index in [-0.39, 0.29) is 31.5 Å². The first kappa shape index (κ1) is 20.9. The number of nitro benzene ring substituents is 1. The van der Waals surface area contributed by atoms with E-state index in [4.69, 9.17) is 23.2 Å². The number of non-ortho nitro benzene ring substituents is 1. The lowest BCUT2D eigenvalue weighted by molar-refractivity contribution is -0.384. The lowest BCUT2D eigenvalue weighted by Crippen LogP contribution is -2.10. The predicted molar refractivity (Wildman–Crippen MR) is 119 cm³/mol. The van der Waals surface area contributed by atoms with Crippen molar-refractivity contribution in [3.8, 4) is 0 Å². The van der Waals surface area contributed by atoms with Gasteiger partial charge in [-0.05, 0) is 41.9 Å². The first-order valence-corrected chi connectivity index (χ1v) is 10.3. The summed E-state index contributed by atoms with van der Waals surface area (Å²) in [5, 5.41) is 12.0. The first-order chi connectivity index (χ1) is 14.9. The zero-order valence-electron chi connectivity index (χ0n) is 15.5. The lowest BCUT2D eigenvalue weighted by Gasteiger charge is -2.04. The standard InChI is InChI=1S/C21H11Cl2N3O4S/c22-16-7-3-1-5-13(16)19(27)24-20-15-11-12(26(29)30)9-10-18(15)25(31-20)21(28)14-6-2-4-8-17(14)23/h1-11H. The van der Waals surface area contributed by atoms with Gasteiger partial charge in [-0.1, -0.05) is 47.5 Å². The Morgan fingerprint density at radius 3 is 2.16 bits per heavy atom. The van der Waals surface area contributed by atoms with E-state index in [0.29, 0.717) is 10.9 Å². The Labute approximate surface area is 189 Å². The Bertz CT molecular complexity index is 1440. The number of aromatic nitrogens is 1. The zero-order chi connectivity index (χ0) is 22.1. The Hall–Kier alpha value is -3.33. The van der Waals surface area contributed by atoms with Gasteiger partial charge in [0.2, 0.25) is 0 Å². The second-order valence-electron chi connectivity index (χ2n) is 6.33. The summed E-state index contributed by atoms with van der Waals surface area (Å²) in [5.41, 5.74) is 0.607. The molecule has 0 saturated carbocycles. The molecule has 0 atom stereocenters. The number of nitrogens with zero attached hydrogens (tertiary/aromatic N) is 3. The van der Waals surface area contributed by atoms with E-state index in [1.165, 1.54) is 28.2 Å². The highest BCUT2D eigenvalue weighted by Gasteiger charge is 2.20. The van der Waals surface area contributed by atoms with Gasteiger partial charge < -0.3 is 0 Å². The van der Waals surface area contributed by atoms with Crippen LogP contribution in [0.5, 0.6) is 0 Å². The molecular formula is C21H11Cl2N3O4S. The number of carbonyl (C=O) groups excluding carboxylic acids is 2. The van der Waals surface area contributed by atoms with Crippen LogP contribution < -0.4 is 4.67 Å². The zero-order valence-corrected chi connectivity index (χ0v) is 17.8. The fourth-order valence-corrected chi connectivity index (χ4v) is 4.36. The summed E-state index contributed by atoms with van der Waals surface area (Å²) in [6, 6.07) is 16.9. The molecule has 4 aromatic rings. The number of hydrogen-bond acceptors (Lipinski definition) is 5. The number of fused-ring (bicyclic) bond motifs is 1. The summed E-state index contributed by atoms with van der Waals surface area (Å²) in [5.74, 6) is -1.07. The predicted octanol–water partition coefficient (Wildman–Crippen LogP) is 5.35. The summed E-state index contributed by atoms with van der Waals surface area (Å²) >= 11 is 13.1. The molecule has 0 N–H and O–H groups in total. The smallest absolute Gasteiger partial charge is 0.267 e. The van der Waals surface area contributed by atoms with Crippen LogP contribution in [0.1, 0.15) is 20.7 Å². The van der Waals surface area contributed by atoms with Crippen LogP contribution in [-0.2, 0) is 0 Å². The summed E-state index contributed by atoms with van der Waals surface area (Å²) in [7, 11) is 0. The minimum atomic E-state index is -0.627. The van der Waals surface area contributed by atoms with Gasteiger partial charge in [0.25, 0.3) is 17.5 Å². The van der Waals surface area contributed by atoms with E-state index in [1.807, 2.05) is 0 Å². The fourth-order valence-electron chi connectivity index (χ4n) is 2.93. The van der Waals surface area contributed by atoms with Crippen LogP contribution >= 0.6 is 34.7 Å². The maximum absolute atomic E-state index is 13.1. The van der Waals surface area contributed by atoms with Crippen LogP contribution in [0.4, 0.5) is 5.69 Å². The normalized spacial score (nSPS) is 11.6. The molecule has 0 fully saturated rings. The second kappa shape index (κ2) is 8.43. The van der Waals surface area contributed by atoms with Gasteiger partial charge in [0.1, 0.15) is 4.67 Å². The van der Waals surface area contributed by atoms with E-state index in [9.17, 15) is 19.7 Å². The molecule has 4 rings (SSSR count). The van der Waals surface area contributed by atoms with Crippen LogP contribution in [-0.4, -0.2) is 20.7 Å². The van der Waals surface area contributed by atoms with Gasteiger partial charge in [0, 0.05) is 17.5 Å². The maximum Gasteiger partial charge on any atom is 0.279 e. The van der Waals surface area contributed by atoms with Gasteiger partial charge in [-0.2, -0.15) is 4.99 Å². The molecule has 10 heteroatoms. The van der Waals surface area contributed by atoms with E-state index >= 15 is 0 Å². The van der Waals surface area contributed by atoms with Gasteiger partial charge in [-0.3, -0.25) is 19.7 Å². The van der Waals surface area contributed by atoms with Gasteiger partial charge >= 0.3 is 0 Å². The number of rotatable bonds is 3. The van der Waals surface area contributed by atoms with Crippen molar-refractivity contribution in [2.75, 3.05) is 0 Å². The average molecular weight is 472 g/mol. The quantitative estimate of drug-likeness (QED) is 0.297. The average Bonchev–Trinajstić information content (AvgIpc) is 3.11. The van der Waals surface area contributed by atoms with Crippen molar-refractivity contribution in [1.29, 1.82) is 0 Å².